The zero-order valence-corrected chi connectivity index (χ0v) is 12.5. The second-order valence-electron chi connectivity index (χ2n) is 4.80. The van der Waals surface area contributed by atoms with E-state index in [-0.39, 0.29) is 6.04 Å². The number of hydrogen-bond acceptors (Lipinski definition) is 1. The fraction of sp³-hybridized carbons (Fsp3) is 0.600. The van der Waals surface area contributed by atoms with Crippen molar-refractivity contribution in [3.63, 3.8) is 0 Å². The lowest BCUT2D eigenvalue weighted by molar-refractivity contribution is 0.359. The molecule has 0 radical (unpaired) electrons. The first-order valence-electron chi connectivity index (χ1n) is 6.68. The highest BCUT2D eigenvalue weighted by molar-refractivity contribution is 9.10. The van der Waals surface area contributed by atoms with E-state index in [4.69, 9.17) is 5.73 Å². The van der Waals surface area contributed by atoms with Crippen molar-refractivity contribution in [3.8, 4) is 0 Å². The van der Waals surface area contributed by atoms with Gasteiger partial charge in [0.15, 0.2) is 0 Å². The average molecular weight is 298 g/mol. The maximum atomic E-state index is 6.37. The summed E-state index contributed by atoms with van der Waals surface area (Å²) in [5.74, 6) is 0.664. The zero-order valence-electron chi connectivity index (χ0n) is 11.0. The molecule has 1 atom stereocenters. The minimum absolute atomic E-state index is 0.286. The van der Waals surface area contributed by atoms with E-state index in [1.807, 2.05) is 0 Å². The first kappa shape index (κ1) is 14.7. The monoisotopic (exact) mass is 297 g/mol. The number of benzene rings is 1. The summed E-state index contributed by atoms with van der Waals surface area (Å²) in [6, 6.07) is 8.68. The van der Waals surface area contributed by atoms with E-state index in [1.54, 1.807) is 0 Å². The summed E-state index contributed by atoms with van der Waals surface area (Å²) in [6.45, 7) is 4.49. The smallest absolute Gasteiger partial charge is 0.0207 e. The van der Waals surface area contributed by atoms with Crippen LogP contribution in [0.2, 0.25) is 0 Å². The highest BCUT2D eigenvalue weighted by Gasteiger charge is 2.17. The maximum absolute atomic E-state index is 6.37. The quantitative estimate of drug-likeness (QED) is 0.786. The van der Waals surface area contributed by atoms with Crippen molar-refractivity contribution in [2.75, 3.05) is 0 Å². The summed E-state index contributed by atoms with van der Waals surface area (Å²) in [4.78, 5) is 0. The molecular weight excluding hydrogens is 274 g/mol. The maximum Gasteiger partial charge on any atom is 0.0207 e. The van der Waals surface area contributed by atoms with Crippen LogP contribution < -0.4 is 5.73 Å². The summed E-state index contributed by atoms with van der Waals surface area (Å²) >= 11 is 3.60. The van der Waals surface area contributed by atoms with Gasteiger partial charge in [-0.15, -0.1) is 0 Å². The average Bonchev–Trinajstić information content (AvgIpc) is 2.32. The molecule has 0 saturated heterocycles. The van der Waals surface area contributed by atoms with Crippen LogP contribution in [-0.2, 0) is 6.42 Å². The molecule has 0 spiro atoms. The predicted molar refractivity (Wildman–Crippen MR) is 79.1 cm³/mol. The van der Waals surface area contributed by atoms with Crippen LogP contribution in [0.25, 0.3) is 0 Å². The third kappa shape index (κ3) is 4.81. The van der Waals surface area contributed by atoms with E-state index < -0.39 is 0 Å². The van der Waals surface area contributed by atoms with Crippen molar-refractivity contribution in [3.05, 3.63) is 34.3 Å². The largest absolute Gasteiger partial charge is 0.327 e. The van der Waals surface area contributed by atoms with Crippen LogP contribution in [0.4, 0.5) is 0 Å². The SMILES string of the molecule is CCCC(CCC)C(N)Cc1ccccc1Br. The van der Waals surface area contributed by atoms with Crippen molar-refractivity contribution >= 4 is 15.9 Å². The van der Waals surface area contributed by atoms with Crippen molar-refractivity contribution < 1.29 is 0 Å². The minimum Gasteiger partial charge on any atom is -0.327 e. The Morgan fingerprint density at radius 2 is 1.71 bits per heavy atom. The van der Waals surface area contributed by atoms with E-state index in [2.05, 4.69) is 54.0 Å². The first-order chi connectivity index (χ1) is 8.19. The molecule has 0 heterocycles. The molecule has 1 aromatic carbocycles. The molecular formula is C15H24BrN. The fourth-order valence-electron chi connectivity index (χ4n) is 2.40. The van der Waals surface area contributed by atoms with Gasteiger partial charge in [0.05, 0.1) is 0 Å². The lowest BCUT2D eigenvalue weighted by Gasteiger charge is -2.23. The van der Waals surface area contributed by atoms with Gasteiger partial charge < -0.3 is 5.73 Å². The fourth-order valence-corrected chi connectivity index (χ4v) is 2.85. The molecule has 2 N–H and O–H groups in total. The summed E-state index contributed by atoms with van der Waals surface area (Å²) in [7, 11) is 0. The predicted octanol–water partition coefficient (Wildman–Crippen LogP) is 4.54. The Balaban J connectivity index is 2.62. The molecule has 0 saturated carbocycles. The van der Waals surface area contributed by atoms with Gasteiger partial charge in [-0.1, -0.05) is 60.8 Å². The van der Waals surface area contributed by atoms with Crippen LogP contribution in [0.15, 0.2) is 28.7 Å². The molecule has 0 aliphatic carbocycles. The van der Waals surface area contributed by atoms with Crippen LogP contribution in [-0.4, -0.2) is 6.04 Å². The lowest BCUT2D eigenvalue weighted by Crippen LogP contribution is -2.32. The molecule has 0 aliphatic heterocycles. The zero-order chi connectivity index (χ0) is 12.7. The standard InChI is InChI=1S/C15H24BrN/c1-3-7-12(8-4-2)15(17)11-13-9-5-6-10-14(13)16/h5-6,9-10,12,15H,3-4,7-8,11,17H2,1-2H3. The van der Waals surface area contributed by atoms with Crippen molar-refractivity contribution in [2.24, 2.45) is 11.7 Å². The summed E-state index contributed by atoms with van der Waals surface area (Å²) < 4.78 is 1.18. The molecule has 17 heavy (non-hydrogen) atoms. The number of nitrogens with two attached hydrogens (primary N) is 1. The van der Waals surface area contributed by atoms with Gasteiger partial charge in [0.25, 0.3) is 0 Å². The molecule has 0 bridgehead atoms. The number of rotatable bonds is 7. The van der Waals surface area contributed by atoms with E-state index >= 15 is 0 Å². The number of hydrogen-bond donors (Lipinski definition) is 1. The van der Waals surface area contributed by atoms with E-state index in [9.17, 15) is 0 Å². The Kier molecular flexibility index (Phi) is 6.83. The highest BCUT2D eigenvalue weighted by Crippen LogP contribution is 2.23. The third-order valence-electron chi connectivity index (χ3n) is 3.34. The molecule has 1 rings (SSSR count). The second-order valence-corrected chi connectivity index (χ2v) is 5.65. The third-order valence-corrected chi connectivity index (χ3v) is 4.11. The van der Waals surface area contributed by atoms with Gasteiger partial charge in [0.1, 0.15) is 0 Å². The summed E-state index contributed by atoms with van der Waals surface area (Å²) in [6.07, 6.45) is 5.94. The van der Waals surface area contributed by atoms with Crippen LogP contribution in [0.1, 0.15) is 45.1 Å². The van der Waals surface area contributed by atoms with E-state index in [0.29, 0.717) is 5.92 Å². The van der Waals surface area contributed by atoms with Gasteiger partial charge in [-0.25, -0.2) is 0 Å². The molecule has 0 amide bonds. The van der Waals surface area contributed by atoms with Crippen LogP contribution in [0.3, 0.4) is 0 Å². The molecule has 96 valence electrons. The Hall–Kier alpha value is -0.340. The summed E-state index contributed by atoms with van der Waals surface area (Å²) in [5, 5.41) is 0. The minimum atomic E-state index is 0.286. The molecule has 1 unspecified atom stereocenters. The molecule has 0 aliphatic rings. The normalized spacial score (nSPS) is 13.0. The van der Waals surface area contributed by atoms with Crippen LogP contribution >= 0.6 is 15.9 Å². The highest BCUT2D eigenvalue weighted by atomic mass is 79.9. The Labute approximate surface area is 114 Å². The van der Waals surface area contributed by atoms with E-state index in [0.717, 1.165) is 6.42 Å². The Morgan fingerprint density at radius 1 is 1.12 bits per heavy atom. The first-order valence-corrected chi connectivity index (χ1v) is 7.47. The Morgan fingerprint density at radius 3 is 2.24 bits per heavy atom. The molecule has 2 heteroatoms. The molecule has 1 nitrogen and oxygen atoms in total. The van der Waals surface area contributed by atoms with Crippen LogP contribution in [0, 0.1) is 5.92 Å². The lowest BCUT2D eigenvalue weighted by atomic mass is 9.87. The number of halogens is 1. The van der Waals surface area contributed by atoms with Gasteiger partial charge in [0, 0.05) is 10.5 Å². The van der Waals surface area contributed by atoms with Gasteiger partial charge in [0.2, 0.25) is 0 Å². The van der Waals surface area contributed by atoms with Crippen molar-refractivity contribution in [1.29, 1.82) is 0 Å². The molecule has 0 fully saturated rings. The summed E-state index contributed by atoms with van der Waals surface area (Å²) in [5.41, 5.74) is 7.70. The van der Waals surface area contributed by atoms with Gasteiger partial charge >= 0.3 is 0 Å². The van der Waals surface area contributed by atoms with Gasteiger partial charge in [-0.3, -0.25) is 0 Å². The van der Waals surface area contributed by atoms with Gasteiger partial charge in [-0.2, -0.15) is 0 Å². The topological polar surface area (TPSA) is 26.0 Å². The van der Waals surface area contributed by atoms with Crippen molar-refractivity contribution in [1.82, 2.24) is 0 Å². The second kappa shape index (κ2) is 7.88. The van der Waals surface area contributed by atoms with Gasteiger partial charge in [-0.05, 0) is 36.8 Å². The molecule has 1 aromatic rings. The molecule has 0 aromatic heterocycles. The van der Waals surface area contributed by atoms with Crippen LogP contribution in [0.5, 0.6) is 0 Å². The van der Waals surface area contributed by atoms with Crippen molar-refractivity contribution in [2.45, 2.75) is 52.0 Å². The Bertz CT molecular complexity index is 318. The van der Waals surface area contributed by atoms with E-state index in [1.165, 1.54) is 35.7 Å².